The molecule has 0 radical (unpaired) electrons. The monoisotopic (exact) mass is 306 g/mol. The molecule has 1 aromatic heterocycles. The average molecular weight is 307 g/mol. The van der Waals surface area contributed by atoms with Crippen LogP contribution in [0.1, 0.15) is 16.1 Å². The molecule has 3 rings (SSSR count). The summed E-state index contributed by atoms with van der Waals surface area (Å²) in [6, 6.07) is 9.99. The molecule has 2 heterocycles. The number of amides is 1. The minimum atomic E-state index is -0.602. The smallest absolute Gasteiger partial charge is 0.297 e. The summed E-state index contributed by atoms with van der Waals surface area (Å²) in [5.41, 5.74) is 1.35. The van der Waals surface area contributed by atoms with E-state index >= 15 is 0 Å². The number of Topliss-reactive ketones (excluding diaryl/α,β-unsaturated/α-hetero) is 1. The largest absolute Gasteiger partial charge is 0.299 e. The maximum atomic E-state index is 12.1. The highest BCUT2D eigenvalue weighted by atomic mass is 35.5. The second kappa shape index (κ2) is 4.89. The molecule has 0 saturated heterocycles. The molecule has 0 aliphatic carbocycles. The van der Waals surface area contributed by atoms with E-state index in [1.54, 1.807) is 36.4 Å². The van der Waals surface area contributed by atoms with Gasteiger partial charge < -0.3 is 0 Å². The molecule has 0 saturated carbocycles. The van der Waals surface area contributed by atoms with Gasteiger partial charge >= 0.3 is 0 Å². The van der Waals surface area contributed by atoms with E-state index in [-0.39, 0.29) is 6.54 Å². The highest BCUT2D eigenvalue weighted by Gasteiger charge is 2.37. The Morgan fingerprint density at radius 1 is 1.05 bits per heavy atom. The van der Waals surface area contributed by atoms with Gasteiger partial charge in [0, 0.05) is 0 Å². The molecule has 0 fully saturated rings. The number of halogens is 2. The van der Waals surface area contributed by atoms with E-state index in [0.29, 0.717) is 27.1 Å². The van der Waals surface area contributed by atoms with Crippen LogP contribution in [0.15, 0.2) is 36.4 Å². The van der Waals surface area contributed by atoms with Crippen LogP contribution >= 0.6 is 23.2 Å². The van der Waals surface area contributed by atoms with Gasteiger partial charge in [0.1, 0.15) is 5.15 Å². The van der Waals surface area contributed by atoms with Crippen molar-refractivity contribution < 1.29 is 9.59 Å². The molecule has 1 amide bonds. The van der Waals surface area contributed by atoms with Crippen molar-refractivity contribution in [1.29, 1.82) is 0 Å². The van der Waals surface area contributed by atoms with E-state index in [2.05, 4.69) is 4.98 Å². The molecule has 100 valence electrons. The van der Waals surface area contributed by atoms with Gasteiger partial charge in [-0.05, 0) is 24.3 Å². The summed E-state index contributed by atoms with van der Waals surface area (Å²) in [4.78, 5) is 29.4. The summed E-state index contributed by atoms with van der Waals surface area (Å²) in [7, 11) is 0. The van der Waals surface area contributed by atoms with Gasteiger partial charge in [-0.15, -0.1) is 0 Å². The summed E-state index contributed by atoms with van der Waals surface area (Å²) in [5.74, 6) is -1.15. The molecule has 0 N–H and O–H groups in total. The molecule has 20 heavy (non-hydrogen) atoms. The first-order valence-corrected chi connectivity index (χ1v) is 6.59. The van der Waals surface area contributed by atoms with Gasteiger partial charge in [-0.1, -0.05) is 35.3 Å². The highest BCUT2D eigenvalue weighted by Crippen LogP contribution is 2.36. The van der Waals surface area contributed by atoms with Crippen LogP contribution in [-0.2, 0) is 11.3 Å². The van der Waals surface area contributed by atoms with Crippen LogP contribution in [0.2, 0.25) is 10.2 Å². The molecule has 0 bridgehead atoms. The number of benzene rings is 1. The summed E-state index contributed by atoms with van der Waals surface area (Å²) < 4.78 is 0. The fourth-order valence-corrected chi connectivity index (χ4v) is 2.62. The van der Waals surface area contributed by atoms with Gasteiger partial charge in [0.25, 0.3) is 11.7 Å². The third-order valence-electron chi connectivity index (χ3n) is 3.03. The highest BCUT2D eigenvalue weighted by molar-refractivity contribution is 6.54. The standard InChI is InChI=1S/C14H8Cl2N2O2/c15-10-5-2-4-9-12(10)18(14(20)13(9)19)7-8-3-1-6-11(16)17-8/h1-6H,7H2. The Labute approximate surface area is 124 Å². The van der Waals surface area contributed by atoms with E-state index in [4.69, 9.17) is 23.2 Å². The molecule has 6 heteroatoms. The molecule has 2 aromatic rings. The number of hydrogen-bond acceptors (Lipinski definition) is 3. The number of pyridine rings is 1. The Morgan fingerprint density at radius 3 is 2.55 bits per heavy atom. The van der Waals surface area contributed by atoms with Crippen LogP contribution in [0.3, 0.4) is 0 Å². The Kier molecular flexibility index (Phi) is 3.20. The van der Waals surface area contributed by atoms with Crippen molar-refractivity contribution in [2.45, 2.75) is 6.54 Å². The van der Waals surface area contributed by atoms with Crippen LogP contribution in [-0.4, -0.2) is 16.7 Å². The minimum Gasteiger partial charge on any atom is -0.297 e. The summed E-state index contributed by atoms with van der Waals surface area (Å²) >= 11 is 11.9. The zero-order valence-corrected chi connectivity index (χ0v) is 11.6. The molecule has 4 nitrogen and oxygen atoms in total. The number of ketones is 1. The SMILES string of the molecule is O=C1C(=O)N(Cc2cccc(Cl)n2)c2c(Cl)cccc21. The number of hydrogen-bond donors (Lipinski definition) is 0. The number of carbonyl (C=O) groups is 2. The molecular formula is C14H8Cl2N2O2. The number of rotatable bonds is 2. The van der Waals surface area contributed by atoms with Crippen LogP contribution < -0.4 is 4.90 Å². The van der Waals surface area contributed by atoms with Gasteiger partial charge in [-0.25, -0.2) is 4.98 Å². The zero-order valence-electron chi connectivity index (χ0n) is 10.1. The average Bonchev–Trinajstić information content (AvgIpc) is 2.66. The summed E-state index contributed by atoms with van der Waals surface area (Å²) in [5, 5.41) is 0.698. The van der Waals surface area contributed by atoms with Gasteiger partial charge in [0.2, 0.25) is 0 Å². The van der Waals surface area contributed by atoms with E-state index in [1.807, 2.05) is 0 Å². The second-order valence-corrected chi connectivity index (χ2v) is 5.10. The fourth-order valence-electron chi connectivity index (χ4n) is 2.16. The van der Waals surface area contributed by atoms with Gasteiger partial charge in [-0.2, -0.15) is 0 Å². The Hall–Kier alpha value is -1.91. The molecule has 1 aromatic carbocycles. The van der Waals surface area contributed by atoms with Crippen LogP contribution in [0, 0.1) is 0 Å². The van der Waals surface area contributed by atoms with Crippen molar-refractivity contribution in [2.75, 3.05) is 4.90 Å². The van der Waals surface area contributed by atoms with Crippen LogP contribution in [0.5, 0.6) is 0 Å². The van der Waals surface area contributed by atoms with Crippen molar-refractivity contribution in [3.8, 4) is 0 Å². The summed E-state index contributed by atoms with van der Waals surface area (Å²) in [6.07, 6.45) is 0. The Morgan fingerprint density at radius 2 is 1.80 bits per heavy atom. The van der Waals surface area contributed by atoms with Crippen molar-refractivity contribution in [3.05, 3.63) is 57.8 Å². The second-order valence-electron chi connectivity index (χ2n) is 4.31. The lowest BCUT2D eigenvalue weighted by Crippen LogP contribution is -2.29. The predicted octanol–water partition coefficient (Wildman–Crippen LogP) is 3.12. The van der Waals surface area contributed by atoms with Gasteiger partial charge in [0.05, 0.1) is 28.5 Å². The molecule has 0 atom stereocenters. The van der Waals surface area contributed by atoms with Gasteiger partial charge in [0.15, 0.2) is 0 Å². The van der Waals surface area contributed by atoms with E-state index < -0.39 is 11.7 Å². The van der Waals surface area contributed by atoms with Gasteiger partial charge in [-0.3, -0.25) is 14.5 Å². The minimum absolute atomic E-state index is 0.155. The number of para-hydroxylation sites is 1. The molecule has 0 spiro atoms. The molecule has 0 unspecified atom stereocenters. The van der Waals surface area contributed by atoms with E-state index in [1.165, 1.54) is 4.90 Å². The number of nitrogens with zero attached hydrogens (tertiary/aromatic N) is 2. The Bertz CT molecular complexity index is 731. The Balaban J connectivity index is 2.03. The predicted molar refractivity (Wildman–Crippen MR) is 76.2 cm³/mol. The maximum absolute atomic E-state index is 12.1. The first kappa shape index (κ1) is 13.1. The number of aromatic nitrogens is 1. The first-order valence-electron chi connectivity index (χ1n) is 5.84. The quantitative estimate of drug-likeness (QED) is 0.633. The fraction of sp³-hybridized carbons (Fsp3) is 0.0714. The lowest BCUT2D eigenvalue weighted by Gasteiger charge is -2.17. The van der Waals surface area contributed by atoms with Crippen molar-refractivity contribution in [1.82, 2.24) is 4.98 Å². The first-order chi connectivity index (χ1) is 9.58. The normalized spacial score (nSPS) is 13.8. The number of carbonyl (C=O) groups excluding carboxylic acids is 2. The summed E-state index contributed by atoms with van der Waals surface area (Å²) in [6.45, 7) is 0.155. The zero-order chi connectivity index (χ0) is 14.3. The topological polar surface area (TPSA) is 50.3 Å². The number of anilines is 1. The molecule has 1 aliphatic rings. The molecular weight excluding hydrogens is 299 g/mol. The van der Waals surface area contributed by atoms with E-state index in [0.717, 1.165) is 0 Å². The van der Waals surface area contributed by atoms with Crippen molar-refractivity contribution in [3.63, 3.8) is 0 Å². The maximum Gasteiger partial charge on any atom is 0.299 e. The third-order valence-corrected chi connectivity index (χ3v) is 3.55. The van der Waals surface area contributed by atoms with E-state index in [9.17, 15) is 9.59 Å². The lowest BCUT2D eigenvalue weighted by atomic mass is 10.1. The van der Waals surface area contributed by atoms with Crippen molar-refractivity contribution >= 4 is 40.6 Å². The van der Waals surface area contributed by atoms with Crippen LogP contribution in [0.4, 0.5) is 5.69 Å². The van der Waals surface area contributed by atoms with Crippen molar-refractivity contribution in [2.24, 2.45) is 0 Å². The van der Waals surface area contributed by atoms with Crippen LogP contribution in [0.25, 0.3) is 0 Å². The third kappa shape index (κ3) is 2.07. The number of fused-ring (bicyclic) bond motifs is 1. The lowest BCUT2D eigenvalue weighted by molar-refractivity contribution is -0.114. The molecule has 1 aliphatic heterocycles.